The fraction of sp³-hybridized carbons (Fsp3) is 0.923. The number of ether oxygens (including phenoxy) is 1. The molecule has 0 radical (unpaired) electrons. The van der Waals surface area contributed by atoms with Crippen molar-refractivity contribution in [2.45, 2.75) is 52.2 Å². The minimum Gasteiger partial charge on any atom is -0.459 e. The monoisotopic (exact) mass is 259 g/mol. The number of thioether (sulfide) groups is 1. The summed E-state index contributed by atoms with van der Waals surface area (Å²) in [7, 11) is 0. The maximum atomic E-state index is 12.0. The molecule has 1 aliphatic heterocycles. The van der Waals surface area contributed by atoms with E-state index in [1.165, 1.54) is 0 Å². The largest absolute Gasteiger partial charge is 0.459 e. The molecule has 0 bridgehead atoms. The number of hydrogen-bond donors (Lipinski definition) is 0. The molecule has 4 heteroatoms. The van der Waals surface area contributed by atoms with Crippen molar-refractivity contribution in [1.29, 1.82) is 0 Å². The fourth-order valence-electron chi connectivity index (χ4n) is 2.06. The Morgan fingerprint density at radius 2 is 2.18 bits per heavy atom. The highest BCUT2D eigenvalue weighted by Crippen LogP contribution is 2.21. The van der Waals surface area contributed by atoms with Crippen LogP contribution in [-0.4, -0.2) is 47.1 Å². The smallest absolute Gasteiger partial charge is 0.323 e. The average molecular weight is 259 g/mol. The Morgan fingerprint density at radius 3 is 2.76 bits per heavy atom. The van der Waals surface area contributed by atoms with Crippen LogP contribution in [0.4, 0.5) is 0 Å². The molecule has 1 fully saturated rings. The van der Waals surface area contributed by atoms with Gasteiger partial charge in [0.15, 0.2) is 0 Å². The van der Waals surface area contributed by atoms with Crippen molar-refractivity contribution in [3.8, 4) is 0 Å². The van der Waals surface area contributed by atoms with Crippen LogP contribution in [0.3, 0.4) is 0 Å². The Bertz CT molecular complexity index is 250. The van der Waals surface area contributed by atoms with Gasteiger partial charge in [-0.15, -0.1) is 0 Å². The molecule has 0 aromatic heterocycles. The van der Waals surface area contributed by atoms with Crippen LogP contribution in [0.2, 0.25) is 0 Å². The second kappa shape index (κ2) is 6.64. The van der Waals surface area contributed by atoms with Gasteiger partial charge in [0.1, 0.15) is 11.6 Å². The minimum atomic E-state index is -0.372. The van der Waals surface area contributed by atoms with Crippen molar-refractivity contribution in [3.63, 3.8) is 0 Å². The molecule has 100 valence electrons. The van der Waals surface area contributed by atoms with Gasteiger partial charge in [-0.1, -0.05) is 6.92 Å². The molecule has 1 rings (SSSR count). The van der Waals surface area contributed by atoms with Crippen molar-refractivity contribution < 1.29 is 9.53 Å². The molecule has 3 nitrogen and oxygen atoms in total. The van der Waals surface area contributed by atoms with Crippen LogP contribution in [0.15, 0.2) is 0 Å². The third kappa shape index (κ3) is 5.30. The molecule has 0 aromatic carbocycles. The third-order valence-corrected chi connectivity index (χ3v) is 3.65. The normalized spacial score (nSPS) is 21.8. The lowest BCUT2D eigenvalue weighted by Crippen LogP contribution is -2.41. The van der Waals surface area contributed by atoms with E-state index in [1.54, 1.807) is 0 Å². The van der Waals surface area contributed by atoms with E-state index in [2.05, 4.69) is 11.8 Å². The first kappa shape index (κ1) is 14.8. The van der Waals surface area contributed by atoms with Crippen molar-refractivity contribution in [3.05, 3.63) is 0 Å². The highest BCUT2D eigenvalue weighted by atomic mass is 32.2. The van der Waals surface area contributed by atoms with Crippen LogP contribution in [-0.2, 0) is 9.53 Å². The van der Waals surface area contributed by atoms with Gasteiger partial charge in [-0.25, -0.2) is 0 Å². The van der Waals surface area contributed by atoms with Crippen LogP contribution in [0.25, 0.3) is 0 Å². The van der Waals surface area contributed by atoms with E-state index in [-0.39, 0.29) is 17.6 Å². The lowest BCUT2D eigenvalue weighted by molar-refractivity contribution is -0.160. The summed E-state index contributed by atoms with van der Waals surface area (Å²) in [5.74, 6) is 2.21. The van der Waals surface area contributed by atoms with E-state index in [0.717, 1.165) is 37.4 Å². The Morgan fingerprint density at radius 1 is 1.47 bits per heavy atom. The highest BCUT2D eigenvalue weighted by Gasteiger charge is 2.33. The second-order valence-corrected chi connectivity index (χ2v) is 6.82. The zero-order valence-corrected chi connectivity index (χ0v) is 12.3. The molecular weight excluding hydrogens is 234 g/mol. The van der Waals surface area contributed by atoms with Gasteiger partial charge in [-0.3, -0.25) is 9.69 Å². The third-order valence-electron chi connectivity index (χ3n) is 2.77. The predicted molar refractivity (Wildman–Crippen MR) is 73.4 cm³/mol. The number of esters is 1. The van der Waals surface area contributed by atoms with Gasteiger partial charge in [0.2, 0.25) is 0 Å². The number of likely N-dealkylation sites (tertiary alicyclic amines) is 1. The fourth-order valence-corrected chi connectivity index (χ4v) is 2.71. The van der Waals surface area contributed by atoms with E-state index in [1.807, 2.05) is 32.5 Å². The Labute approximate surface area is 109 Å². The Balaban J connectivity index is 2.42. The van der Waals surface area contributed by atoms with E-state index in [9.17, 15) is 4.79 Å². The average Bonchev–Trinajstić information content (AvgIpc) is 2.64. The van der Waals surface area contributed by atoms with E-state index in [0.29, 0.717) is 0 Å². The van der Waals surface area contributed by atoms with Crippen LogP contribution in [0.5, 0.6) is 0 Å². The van der Waals surface area contributed by atoms with Crippen LogP contribution < -0.4 is 0 Å². The van der Waals surface area contributed by atoms with Crippen molar-refractivity contribution in [2.75, 3.05) is 24.6 Å². The summed E-state index contributed by atoms with van der Waals surface area (Å²) in [5.41, 5.74) is -0.372. The first-order valence-corrected chi connectivity index (χ1v) is 7.64. The minimum absolute atomic E-state index is 0.00770. The van der Waals surface area contributed by atoms with Crippen molar-refractivity contribution >= 4 is 17.7 Å². The molecule has 1 saturated heterocycles. The summed E-state index contributed by atoms with van der Waals surface area (Å²) < 4.78 is 5.47. The predicted octanol–water partition coefficient (Wildman–Crippen LogP) is 2.55. The zero-order chi connectivity index (χ0) is 12.9. The van der Waals surface area contributed by atoms with Gasteiger partial charge in [0, 0.05) is 12.3 Å². The molecule has 17 heavy (non-hydrogen) atoms. The first-order chi connectivity index (χ1) is 7.94. The molecule has 0 spiro atoms. The second-order valence-electron chi connectivity index (χ2n) is 5.42. The summed E-state index contributed by atoms with van der Waals surface area (Å²) in [6.07, 6.45) is 2.06. The standard InChI is InChI=1S/C13H25NO2S/c1-5-17-10-9-14-8-6-7-11(14)12(15)16-13(2,3)4/h11H,5-10H2,1-4H3/t11-/m0/s1. The molecule has 1 atom stereocenters. The molecule has 0 aromatic rings. The lowest BCUT2D eigenvalue weighted by Gasteiger charge is -2.27. The summed E-state index contributed by atoms with van der Waals surface area (Å²) >= 11 is 1.93. The Hall–Kier alpha value is -0.220. The molecule has 0 N–H and O–H groups in total. The molecule has 0 aliphatic carbocycles. The molecular formula is C13H25NO2S. The zero-order valence-electron chi connectivity index (χ0n) is 11.5. The summed E-state index contributed by atoms with van der Waals surface area (Å²) in [6, 6.07) is -0.00770. The molecule has 0 saturated carbocycles. The summed E-state index contributed by atoms with van der Waals surface area (Å²) in [5, 5.41) is 0. The van der Waals surface area contributed by atoms with Gasteiger partial charge in [0.25, 0.3) is 0 Å². The molecule has 1 heterocycles. The summed E-state index contributed by atoms with van der Waals surface area (Å²) in [6.45, 7) is 9.99. The van der Waals surface area contributed by atoms with Crippen molar-refractivity contribution in [2.24, 2.45) is 0 Å². The number of nitrogens with zero attached hydrogens (tertiary/aromatic N) is 1. The van der Waals surface area contributed by atoms with E-state index >= 15 is 0 Å². The first-order valence-electron chi connectivity index (χ1n) is 6.48. The number of carbonyl (C=O) groups excluding carboxylic acids is 1. The van der Waals surface area contributed by atoms with E-state index in [4.69, 9.17) is 4.74 Å². The molecule has 0 unspecified atom stereocenters. The topological polar surface area (TPSA) is 29.5 Å². The van der Waals surface area contributed by atoms with Crippen LogP contribution in [0.1, 0.15) is 40.5 Å². The van der Waals surface area contributed by atoms with Crippen LogP contribution >= 0.6 is 11.8 Å². The summed E-state index contributed by atoms with van der Waals surface area (Å²) in [4.78, 5) is 14.3. The number of hydrogen-bond acceptors (Lipinski definition) is 4. The lowest BCUT2D eigenvalue weighted by atomic mass is 10.1. The van der Waals surface area contributed by atoms with Crippen LogP contribution in [0, 0.1) is 0 Å². The maximum Gasteiger partial charge on any atom is 0.323 e. The molecule has 0 amide bonds. The van der Waals surface area contributed by atoms with Gasteiger partial charge < -0.3 is 4.74 Å². The van der Waals surface area contributed by atoms with Gasteiger partial charge in [-0.2, -0.15) is 11.8 Å². The quantitative estimate of drug-likeness (QED) is 0.560. The Kier molecular flexibility index (Phi) is 5.80. The highest BCUT2D eigenvalue weighted by molar-refractivity contribution is 7.99. The van der Waals surface area contributed by atoms with Gasteiger partial charge >= 0.3 is 5.97 Å². The van der Waals surface area contributed by atoms with Crippen molar-refractivity contribution in [1.82, 2.24) is 4.90 Å². The SMILES string of the molecule is CCSCCN1CCC[C@H]1C(=O)OC(C)(C)C. The maximum absolute atomic E-state index is 12.0. The van der Waals surface area contributed by atoms with Gasteiger partial charge in [-0.05, 0) is 45.9 Å². The number of carbonyl (C=O) groups is 1. The van der Waals surface area contributed by atoms with Gasteiger partial charge in [0.05, 0.1) is 0 Å². The number of rotatable bonds is 5. The molecule has 1 aliphatic rings. The van der Waals surface area contributed by atoms with E-state index < -0.39 is 0 Å².